The first-order valence-electron chi connectivity index (χ1n) is 8.19. The normalized spacial score (nSPS) is 36.6. The minimum absolute atomic E-state index is 0.00238. The van der Waals surface area contributed by atoms with Gasteiger partial charge in [0, 0.05) is 12.0 Å². The summed E-state index contributed by atoms with van der Waals surface area (Å²) >= 11 is 0. The summed E-state index contributed by atoms with van der Waals surface area (Å²) in [5.41, 5.74) is 2.44. The van der Waals surface area contributed by atoms with E-state index in [2.05, 4.69) is 34.9 Å². The van der Waals surface area contributed by atoms with Crippen LogP contribution in [0.5, 0.6) is 0 Å². The Morgan fingerprint density at radius 3 is 2.00 bits per heavy atom. The van der Waals surface area contributed by atoms with Crippen LogP contribution in [0.3, 0.4) is 0 Å². The lowest BCUT2D eigenvalue weighted by Crippen LogP contribution is -2.52. The fourth-order valence-corrected chi connectivity index (χ4v) is 3.43. The van der Waals surface area contributed by atoms with Crippen molar-refractivity contribution >= 4 is 0 Å². The molecule has 0 unspecified atom stereocenters. The highest BCUT2D eigenvalue weighted by Gasteiger charge is 2.48. The van der Waals surface area contributed by atoms with E-state index < -0.39 is 6.29 Å². The van der Waals surface area contributed by atoms with Crippen LogP contribution in [-0.4, -0.2) is 23.7 Å². The summed E-state index contributed by atoms with van der Waals surface area (Å²) in [5, 5.41) is 17.4. The van der Waals surface area contributed by atoms with Crippen molar-refractivity contribution in [3.63, 3.8) is 0 Å². The van der Waals surface area contributed by atoms with E-state index in [0.717, 1.165) is 0 Å². The zero-order valence-corrected chi connectivity index (χ0v) is 13.1. The van der Waals surface area contributed by atoms with Gasteiger partial charge in [0.15, 0.2) is 6.29 Å². The predicted octanol–water partition coefficient (Wildman–Crippen LogP) is 2.34. The summed E-state index contributed by atoms with van der Waals surface area (Å²) in [7, 11) is 0. The molecule has 0 radical (unpaired) electrons. The largest absolute Gasteiger partial charge is 0.368 e. The van der Waals surface area contributed by atoms with Crippen molar-refractivity contribution < 1.29 is 9.84 Å². The highest BCUT2D eigenvalue weighted by Crippen LogP contribution is 2.38. The molecule has 23 heavy (non-hydrogen) atoms. The first-order chi connectivity index (χ1) is 11.2. The van der Waals surface area contributed by atoms with Crippen molar-refractivity contribution in [1.82, 2.24) is 10.6 Å². The second-order valence-electron chi connectivity index (χ2n) is 6.44. The van der Waals surface area contributed by atoms with Crippen LogP contribution < -0.4 is 10.6 Å². The Kier molecular flexibility index (Phi) is 3.91. The Bertz CT molecular complexity index is 649. The molecule has 0 amide bonds. The second kappa shape index (κ2) is 6.06. The molecule has 2 aliphatic rings. The molecular weight excluding hydrogens is 288 g/mol. The maximum atomic E-state index is 10.3. The molecule has 4 rings (SSSR count). The van der Waals surface area contributed by atoms with Crippen LogP contribution in [0.2, 0.25) is 0 Å². The summed E-state index contributed by atoms with van der Waals surface area (Å²) in [6.45, 7) is 2.01. The number of aliphatic hydroxyl groups is 1. The van der Waals surface area contributed by atoms with Gasteiger partial charge in [-0.1, -0.05) is 67.6 Å². The van der Waals surface area contributed by atoms with Gasteiger partial charge in [-0.3, -0.25) is 5.32 Å². The molecular formula is C19H22N2O2. The Labute approximate surface area is 136 Å². The third kappa shape index (κ3) is 2.91. The molecule has 0 aromatic heterocycles. The van der Waals surface area contributed by atoms with E-state index >= 15 is 0 Å². The Hall–Kier alpha value is -1.72. The van der Waals surface area contributed by atoms with Gasteiger partial charge in [0.1, 0.15) is 6.23 Å². The van der Waals surface area contributed by atoms with Gasteiger partial charge in [-0.25, -0.2) is 0 Å². The van der Waals surface area contributed by atoms with Crippen LogP contribution in [0.15, 0.2) is 60.7 Å². The Morgan fingerprint density at radius 2 is 1.39 bits per heavy atom. The summed E-state index contributed by atoms with van der Waals surface area (Å²) in [4.78, 5) is 0. The number of hydrogen-bond acceptors (Lipinski definition) is 4. The molecule has 2 aromatic rings. The van der Waals surface area contributed by atoms with Crippen molar-refractivity contribution in [2.24, 2.45) is 5.92 Å². The van der Waals surface area contributed by atoms with Crippen LogP contribution in [0, 0.1) is 5.92 Å². The first kappa shape index (κ1) is 14.8. The molecule has 0 aliphatic carbocycles. The lowest BCUT2D eigenvalue weighted by Gasteiger charge is -2.39. The topological polar surface area (TPSA) is 63.4 Å². The van der Waals surface area contributed by atoms with Gasteiger partial charge in [-0.05, 0) is 11.1 Å². The zero-order valence-electron chi connectivity index (χ0n) is 13.1. The zero-order chi connectivity index (χ0) is 15.8. The highest BCUT2D eigenvalue weighted by molar-refractivity contribution is 5.28. The van der Waals surface area contributed by atoms with Crippen LogP contribution >= 0.6 is 0 Å². The van der Waals surface area contributed by atoms with Crippen LogP contribution in [0.1, 0.15) is 30.1 Å². The Balaban J connectivity index is 1.50. The van der Waals surface area contributed by atoms with Crippen LogP contribution in [-0.2, 0) is 4.74 Å². The molecule has 4 nitrogen and oxygen atoms in total. The van der Waals surface area contributed by atoms with Gasteiger partial charge in [0.2, 0.25) is 0 Å². The molecule has 2 aromatic carbocycles. The Morgan fingerprint density at radius 1 is 0.826 bits per heavy atom. The molecule has 2 heterocycles. The monoisotopic (exact) mass is 310 g/mol. The van der Waals surface area contributed by atoms with Crippen molar-refractivity contribution in [3.05, 3.63) is 71.8 Å². The smallest absolute Gasteiger partial charge is 0.161 e. The minimum atomic E-state index is -0.759. The number of hydrogen-bond donors (Lipinski definition) is 3. The lowest BCUT2D eigenvalue weighted by atomic mass is 9.92. The van der Waals surface area contributed by atoms with Gasteiger partial charge in [0.05, 0.1) is 12.1 Å². The lowest BCUT2D eigenvalue weighted by molar-refractivity contribution is -0.209. The van der Waals surface area contributed by atoms with Crippen molar-refractivity contribution in [3.8, 4) is 0 Å². The quantitative estimate of drug-likeness (QED) is 0.762. The third-order valence-electron chi connectivity index (χ3n) is 4.87. The molecule has 0 saturated carbocycles. The number of aliphatic hydroxyl groups excluding tert-OH is 1. The summed E-state index contributed by atoms with van der Waals surface area (Å²) < 4.78 is 5.81. The third-order valence-corrected chi connectivity index (χ3v) is 4.87. The summed E-state index contributed by atoms with van der Waals surface area (Å²) in [6, 6.07) is 21.2. The minimum Gasteiger partial charge on any atom is -0.368 e. The standard InChI is InChI=1S/C19H22N2O2/c1-12-15(13-8-4-2-5-9-13)21-18(23-19(12)22)17-16(20-17)14-10-6-3-7-11-14/h2-12,15-22H,1H3/t12-,15-,16+,17-,18+,19+/m0/s1. The maximum absolute atomic E-state index is 10.3. The predicted molar refractivity (Wildman–Crippen MR) is 88.5 cm³/mol. The van der Waals surface area contributed by atoms with E-state index in [-0.39, 0.29) is 30.3 Å². The molecule has 120 valence electrons. The van der Waals surface area contributed by atoms with E-state index in [1.165, 1.54) is 11.1 Å². The van der Waals surface area contributed by atoms with E-state index in [4.69, 9.17) is 4.74 Å². The average molecular weight is 310 g/mol. The molecule has 6 atom stereocenters. The molecule has 3 N–H and O–H groups in total. The van der Waals surface area contributed by atoms with Gasteiger partial charge in [-0.2, -0.15) is 0 Å². The van der Waals surface area contributed by atoms with E-state index in [0.29, 0.717) is 0 Å². The summed E-state index contributed by atoms with van der Waals surface area (Å²) in [5.74, 6) is 0.00238. The number of nitrogens with one attached hydrogen (secondary N) is 2. The second-order valence-corrected chi connectivity index (χ2v) is 6.44. The van der Waals surface area contributed by atoms with Gasteiger partial charge in [0.25, 0.3) is 0 Å². The molecule has 2 fully saturated rings. The van der Waals surface area contributed by atoms with Crippen molar-refractivity contribution in [1.29, 1.82) is 0 Å². The van der Waals surface area contributed by atoms with Gasteiger partial charge in [-0.15, -0.1) is 0 Å². The fourth-order valence-electron chi connectivity index (χ4n) is 3.43. The highest BCUT2D eigenvalue weighted by atomic mass is 16.6. The SMILES string of the molecule is C[C@@H]1[C@H](O)O[C@H]([C@H]2N[C@@H]2c2ccccc2)N[C@@H]1c1ccccc1. The van der Waals surface area contributed by atoms with E-state index in [9.17, 15) is 5.11 Å². The van der Waals surface area contributed by atoms with Crippen molar-refractivity contribution in [2.75, 3.05) is 0 Å². The van der Waals surface area contributed by atoms with E-state index in [1.807, 2.05) is 43.3 Å². The molecule has 4 heteroatoms. The van der Waals surface area contributed by atoms with Crippen molar-refractivity contribution in [2.45, 2.75) is 37.6 Å². The number of ether oxygens (including phenoxy) is 1. The van der Waals surface area contributed by atoms with Gasteiger partial charge >= 0.3 is 0 Å². The molecule has 0 bridgehead atoms. The molecule has 0 spiro atoms. The van der Waals surface area contributed by atoms with E-state index in [1.54, 1.807) is 0 Å². The van der Waals surface area contributed by atoms with Gasteiger partial charge < -0.3 is 15.2 Å². The average Bonchev–Trinajstić information content (AvgIpc) is 3.39. The first-order valence-corrected chi connectivity index (χ1v) is 8.19. The fraction of sp³-hybridized carbons (Fsp3) is 0.368. The van der Waals surface area contributed by atoms with Crippen LogP contribution in [0.4, 0.5) is 0 Å². The molecule has 2 aliphatic heterocycles. The molecule has 2 saturated heterocycles. The number of rotatable bonds is 3. The number of benzene rings is 2. The van der Waals surface area contributed by atoms with Crippen LogP contribution in [0.25, 0.3) is 0 Å². The maximum Gasteiger partial charge on any atom is 0.161 e. The summed E-state index contributed by atoms with van der Waals surface area (Å²) in [6.07, 6.45) is -0.957.